The molecule has 0 aliphatic rings. The monoisotopic (exact) mass is 463 g/mol. The summed E-state index contributed by atoms with van der Waals surface area (Å²) < 4.78 is 2.23. The number of nitrogens with zero attached hydrogens (tertiary/aromatic N) is 3. The maximum atomic E-state index is 10.4. The van der Waals surface area contributed by atoms with Crippen LogP contribution in [0.15, 0.2) is 121 Å². The number of phenols is 1. The van der Waals surface area contributed by atoms with E-state index in [4.69, 9.17) is 4.98 Å². The minimum atomic E-state index is 0.187. The highest BCUT2D eigenvalue weighted by Crippen LogP contribution is 2.40. The maximum absolute atomic E-state index is 10.4. The minimum Gasteiger partial charge on any atom is -0.506 e. The van der Waals surface area contributed by atoms with Gasteiger partial charge in [0.05, 0.1) is 11.0 Å². The molecular weight excluding hydrogens is 442 g/mol. The van der Waals surface area contributed by atoms with Crippen molar-refractivity contribution in [1.29, 1.82) is 0 Å². The highest BCUT2D eigenvalue weighted by molar-refractivity contribution is 6.09. The molecule has 0 aliphatic heterocycles. The molecule has 5 aromatic carbocycles. The molecule has 0 saturated heterocycles. The van der Waals surface area contributed by atoms with E-state index in [1.165, 1.54) is 0 Å². The zero-order valence-corrected chi connectivity index (χ0v) is 19.3. The Morgan fingerprint density at radius 2 is 1.19 bits per heavy atom. The lowest BCUT2D eigenvalue weighted by atomic mass is 9.92. The molecule has 0 aliphatic carbocycles. The normalized spacial score (nSPS) is 11.4. The molecule has 7 rings (SSSR count). The predicted octanol–water partition coefficient (Wildman–Crippen LogP) is 7.77. The Hall–Kier alpha value is -4.96. The van der Waals surface area contributed by atoms with Crippen molar-refractivity contribution in [3.05, 3.63) is 121 Å². The highest BCUT2D eigenvalue weighted by Gasteiger charge is 2.18. The zero-order valence-electron chi connectivity index (χ0n) is 19.3. The second kappa shape index (κ2) is 8.07. The number of phenolic OH excluding ortho intramolecular Hbond substituents is 1. The lowest BCUT2D eigenvalue weighted by Crippen LogP contribution is -1.98. The molecule has 0 saturated carbocycles. The third kappa shape index (κ3) is 3.08. The Kier molecular flexibility index (Phi) is 4.57. The van der Waals surface area contributed by atoms with Gasteiger partial charge in [0.2, 0.25) is 0 Å². The second-order valence-corrected chi connectivity index (χ2v) is 8.83. The standard InChI is InChI=1S/C32H21N3O/c36-30-19-18-25(26-13-8-20-33-31(26)30)24-16-17-27(23-12-5-4-11-22(23)24)32-34-28-14-6-7-15-29(28)35(32)21-9-2-1-3-10-21/h1-20,36H. The summed E-state index contributed by atoms with van der Waals surface area (Å²) in [6, 6.07) is 39.0. The van der Waals surface area contributed by atoms with Gasteiger partial charge in [0.25, 0.3) is 0 Å². The maximum Gasteiger partial charge on any atom is 0.146 e. The third-order valence-electron chi connectivity index (χ3n) is 6.78. The number of hydrogen-bond donors (Lipinski definition) is 1. The van der Waals surface area contributed by atoms with Crippen LogP contribution < -0.4 is 0 Å². The quantitative estimate of drug-likeness (QED) is 0.291. The van der Waals surface area contributed by atoms with Crippen molar-refractivity contribution < 1.29 is 5.11 Å². The topological polar surface area (TPSA) is 50.9 Å². The molecule has 0 atom stereocenters. The van der Waals surface area contributed by atoms with Gasteiger partial charge in [-0.25, -0.2) is 4.98 Å². The number of imidazole rings is 1. The number of pyridine rings is 1. The molecule has 7 aromatic rings. The van der Waals surface area contributed by atoms with Crippen LogP contribution in [-0.2, 0) is 0 Å². The van der Waals surface area contributed by atoms with E-state index in [2.05, 4.69) is 88.4 Å². The van der Waals surface area contributed by atoms with E-state index in [9.17, 15) is 5.11 Å². The van der Waals surface area contributed by atoms with Gasteiger partial charge in [-0.05, 0) is 70.4 Å². The zero-order chi connectivity index (χ0) is 24.1. The van der Waals surface area contributed by atoms with Gasteiger partial charge in [-0.1, -0.05) is 66.7 Å². The van der Waals surface area contributed by atoms with Crippen molar-refractivity contribution in [2.24, 2.45) is 0 Å². The van der Waals surface area contributed by atoms with E-state index in [1.807, 2.05) is 30.3 Å². The van der Waals surface area contributed by atoms with E-state index in [0.717, 1.165) is 55.4 Å². The largest absolute Gasteiger partial charge is 0.506 e. The number of rotatable bonds is 3. The van der Waals surface area contributed by atoms with Crippen LogP contribution in [-0.4, -0.2) is 19.6 Å². The number of aromatic hydroxyl groups is 1. The van der Waals surface area contributed by atoms with Gasteiger partial charge in [0, 0.05) is 22.8 Å². The number of hydrogen-bond acceptors (Lipinski definition) is 3. The second-order valence-electron chi connectivity index (χ2n) is 8.83. The van der Waals surface area contributed by atoms with Gasteiger partial charge < -0.3 is 5.11 Å². The van der Waals surface area contributed by atoms with Gasteiger partial charge in [-0.2, -0.15) is 0 Å². The van der Waals surface area contributed by atoms with Crippen LogP contribution >= 0.6 is 0 Å². The first-order valence-electron chi connectivity index (χ1n) is 11.9. The molecule has 0 spiro atoms. The Labute approximate surface area is 207 Å². The van der Waals surface area contributed by atoms with Gasteiger partial charge in [0.1, 0.15) is 17.1 Å². The lowest BCUT2D eigenvalue weighted by Gasteiger charge is -2.15. The lowest BCUT2D eigenvalue weighted by molar-refractivity contribution is 0.480. The molecule has 36 heavy (non-hydrogen) atoms. The smallest absolute Gasteiger partial charge is 0.146 e. The van der Waals surface area contributed by atoms with Crippen molar-refractivity contribution in [2.45, 2.75) is 0 Å². The van der Waals surface area contributed by atoms with Gasteiger partial charge in [-0.3, -0.25) is 9.55 Å². The molecular formula is C32H21N3O. The van der Waals surface area contributed by atoms with E-state index in [1.54, 1.807) is 12.3 Å². The fourth-order valence-corrected chi connectivity index (χ4v) is 5.17. The van der Waals surface area contributed by atoms with Crippen molar-refractivity contribution in [2.75, 3.05) is 0 Å². The molecule has 1 N–H and O–H groups in total. The number of fused-ring (bicyclic) bond motifs is 3. The van der Waals surface area contributed by atoms with Crippen LogP contribution in [0, 0.1) is 0 Å². The van der Waals surface area contributed by atoms with E-state index >= 15 is 0 Å². The molecule has 0 amide bonds. The summed E-state index contributed by atoms with van der Waals surface area (Å²) in [5.74, 6) is 1.09. The molecule has 0 radical (unpaired) electrons. The Morgan fingerprint density at radius 1 is 0.556 bits per heavy atom. The van der Waals surface area contributed by atoms with E-state index in [0.29, 0.717) is 5.52 Å². The summed E-state index contributed by atoms with van der Waals surface area (Å²) in [5.41, 5.74) is 6.90. The Morgan fingerprint density at radius 3 is 2.06 bits per heavy atom. The molecule has 4 heteroatoms. The summed E-state index contributed by atoms with van der Waals surface area (Å²) in [4.78, 5) is 9.51. The van der Waals surface area contributed by atoms with Crippen molar-refractivity contribution in [3.8, 4) is 34.0 Å². The van der Waals surface area contributed by atoms with E-state index < -0.39 is 0 Å². The predicted molar refractivity (Wildman–Crippen MR) is 146 cm³/mol. The van der Waals surface area contributed by atoms with E-state index in [-0.39, 0.29) is 5.75 Å². The first-order valence-corrected chi connectivity index (χ1v) is 11.9. The molecule has 0 unspecified atom stereocenters. The molecule has 2 aromatic heterocycles. The third-order valence-corrected chi connectivity index (χ3v) is 6.78. The average molecular weight is 464 g/mol. The number of para-hydroxylation sites is 3. The van der Waals surface area contributed by atoms with Crippen molar-refractivity contribution >= 4 is 32.7 Å². The molecule has 170 valence electrons. The fourth-order valence-electron chi connectivity index (χ4n) is 5.17. The fraction of sp³-hybridized carbons (Fsp3) is 0. The van der Waals surface area contributed by atoms with Crippen LogP contribution in [0.3, 0.4) is 0 Å². The number of aromatic nitrogens is 3. The summed E-state index contributed by atoms with van der Waals surface area (Å²) in [7, 11) is 0. The Bertz CT molecular complexity index is 1900. The summed E-state index contributed by atoms with van der Waals surface area (Å²) in [5, 5.41) is 13.5. The van der Waals surface area contributed by atoms with Crippen LogP contribution in [0.1, 0.15) is 0 Å². The molecule has 0 fully saturated rings. The van der Waals surface area contributed by atoms with Crippen molar-refractivity contribution in [1.82, 2.24) is 14.5 Å². The summed E-state index contributed by atoms with van der Waals surface area (Å²) >= 11 is 0. The van der Waals surface area contributed by atoms with Crippen LogP contribution in [0.2, 0.25) is 0 Å². The minimum absolute atomic E-state index is 0.187. The van der Waals surface area contributed by atoms with Crippen molar-refractivity contribution in [3.63, 3.8) is 0 Å². The molecule has 0 bridgehead atoms. The summed E-state index contributed by atoms with van der Waals surface area (Å²) in [6.45, 7) is 0. The molecule has 2 heterocycles. The van der Waals surface area contributed by atoms with Gasteiger partial charge >= 0.3 is 0 Å². The van der Waals surface area contributed by atoms with Crippen LogP contribution in [0.4, 0.5) is 0 Å². The first kappa shape index (κ1) is 20.4. The van der Waals surface area contributed by atoms with Crippen LogP contribution in [0.5, 0.6) is 5.75 Å². The molecule has 4 nitrogen and oxygen atoms in total. The summed E-state index contributed by atoms with van der Waals surface area (Å²) in [6.07, 6.45) is 1.71. The number of benzene rings is 5. The highest BCUT2D eigenvalue weighted by atomic mass is 16.3. The van der Waals surface area contributed by atoms with Crippen LogP contribution in [0.25, 0.3) is 60.9 Å². The first-order chi connectivity index (χ1) is 17.8. The van der Waals surface area contributed by atoms with Gasteiger partial charge in [0.15, 0.2) is 0 Å². The average Bonchev–Trinajstić information content (AvgIpc) is 3.33. The Balaban J connectivity index is 1.54. The SMILES string of the molecule is Oc1ccc(-c2ccc(-c3nc4ccccc4n3-c3ccccc3)c3ccccc23)c2cccnc12. The van der Waals surface area contributed by atoms with Gasteiger partial charge in [-0.15, -0.1) is 0 Å².